The van der Waals surface area contributed by atoms with Gasteiger partial charge >= 0.3 is 0 Å². The minimum absolute atomic E-state index is 0.148. The Kier molecular flexibility index (Phi) is 4.97. The summed E-state index contributed by atoms with van der Waals surface area (Å²) in [5.41, 5.74) is 0.699. The van der Waals surface area contributed by atoms with E-state index < -0.39 is 0 Å². The first-order chi connectivity index (χ1) is 7.50. The van der Waals surface area contributed by atoms with Crippen LogP contribution in [0.4, 0.5) is 0 Å². The van der Waals surface area contributed by atoms with Gasteiger partial charge in [0, 0.05) is 29.6 Å². The minimum Gasteiger partial charge on any atom is -0.304 e. The van der Waals surface area contributed by atoms with Gasteiger partial charge in [-0.05, 0) is 33.0 Å². The van der Waals surface area contributed by atoms with Gasteiger partial charge in [0.15, 0.2) is 5.78 Å². The van der Waals surface area contributed by atoms with Gasteiger partial charge in [0.2, 0.25) is 0 Å². The van der Waals surface area contributed by atoms with Crippen LogP contribution in [0.25, 0.3) is 0 Å². The SMILES string of the molecule is CC(C)N(C)CCC(=O)c1cccc(Cl)c1. The molecule has 0 saturated carbocycles. The van der Waals surface area contributed by atoms with Gasteiger partial charge in [0.1, 0.15) is 0 Å². The highest BCUT2D eigenvalue weighted by atomic mass is 35.5. The Morgan fingerprint density at radius 2 is 2.12 bits per heavy atom. The molecule has 0 fully saturated rings. The third kappa shape index (κ3) is 3.95. The molecule has 0 heterocycles. The summed E-state index contributed by atoms with van der Waals surface area (Å²) in [4.78, 5) is 14.0. The second-order valence-electron chi connectivity index (χ2n) is 4.26. The lowest BCUT2D eigenvalue weighted by Crippen LogP contribution is -2.28. The number of hydrogen-bond donors (Lipinski definition) is 0. The molecule has 88 valence electrons. The summed E-state index contributed by atoms with van der Waals surface area (Å²) in [5.74, 6) is 0.148. The van der Waals surface area contributed by atoms with Crippen molar-refractivity contribution in [1.82, 2.24) is 4.90 Å². The smallest absolute Gasteiger partial charge is 0.164 e. The molecule has 0 atom stereocenters. The normalized spacial score (nSPS) is 11.1. The van der Waals surface area contributed by atoms with Crippen LogP contribution in [-0.2, 0) is 0 Å². The maximum Gasteiger partial charge on any atom is 0.164 e. The van der Waals surface area contributed by atoms with Crippen LogP contribution in [0.5, 0.6) is 0 Å². The fourth-order valence-electron chi connectivity index (χ4n) is 1.34. The number of halogens is 1. The van der Waals surface area contributed by atoms with E-state index in [1.807, 2.05) is 19.2 Å². The van der Waals surface area contributed by atoms with Crippen molar-refractivity contribution in [2.45, 2.75) is 26.3 Å². The third-order valence-corrected chi connectivity index (χ3v) is 2.95. The summed E-state index contributed by atoms with van der Waals surface area (Å²) in [6.07, 6.45) is 0.537. The molecule has 0 spiro atoms. The van der Waals surface area contributed by atoms with Gasteiger partial charge in [0.05, 0.1) is 0 Å². The summed E-state index contributed by atoms with van der Waals surface area (Å²) in [7, 11) is 2.02. The lowest BCUT2D eigenvalue weighted by molar-refractivity contribution is 0.0964. The predicted molar refractivity (Wildman–Crippen MR) is 68.2 cm³/mol. The van der Waals surface area contributed by atoms with Crippen molar-refractivity contribution in [1.29, 1.82) is 0 Å². The van der Waals surface area contributed by atoms with Gasteiger partial charge in [-0.3, -0.25) is 4.79 Å². The average molecular weight is 240 g/mol. The zero-order chi connectivity index (χ0) is 12.1. The van der Waals surface area contributed by atoms with Crippen molar-refractivity contribution in [2.75, 3.05) is 13.6 Å². The Bertz CT molecular complexity index is 363. The van der Waals surface area contributed by atoms with Crippen molar-refractivity contribution in [2.24, 2.45) is 0 Å². The van der Waals surface area contributed by atoms with E-state index in [-0.39, 0.29) is 5.78 Å². The van der Waals surface area contributed by atoms with E-state index in [1.165, 1.54) is 0 Å². The second-order valence-corrected chi connectivity index (χ2v) is 4.69. The topological polar surface area (TPSA) is 20.3 Å². The summed E-state index contributed by atoms with van der Waals surface area (Å²) in [5, 5.41) is 0.614. The second kappa shape index (κ2) is 6.02. The number of carbonyl (C=O) groups excluding carboxylic acids is 1. The van der Waals surface area contributed by atoms with Gasteiger partial charge in [-0.2, -0.15) is 0 Å². The summed E-state index contributed by atoms with van der Waals surface area (Å²) >= 11 is 5.84. The number of nitrogens with zero attached hydrogens (tertiary/aromatic N) is 1. The van der Waals surface area contributed by atoms with E-state index in [2.05, 4.69) is 18.7 Å². The molecule has 0 saturated heterocycles. The molecule has 16 heavy (non-hydrogen) atoms. The molecular weight excluding hydrogens is 222 g/mol. The van der Waals surface area contributed by atoms with Gasteiger partial charge in [-0.15, -0.1) is 0 Å². The highest BCUT2D eigenvalue weighted by Gasteiger charge is 2.09. The highest BCUT2D eigenvalue weighted by Crippen LogP contribution is 2.12. The highest BCUT2D eigenvalue weighted by molar-refractivity contribution is 6.31. The fourth-order valence-corrected chi connectivity index (χ4v) is 1.53. The van der Waals surface area contributed by atoms with Crippen LogP contribution in [0.1, 0.15) is 30.6 Å². The van der Waals surface area contributed by atoms with E-state index >= 15 is 0 Å². The zero-order valence-corrected chi connectivity index (χ0v) is 10.8. The van der Waals surface area contributed by atoms with Crippen molar-refractivity contribution < 1.29 is 4.79 Å². The molecule has 3 heteroatoms. The maximum atomic E-state index is 11.8. The van der Waals surface area contributed by atoms with Crippen LogP contribution in [0.3, 0.4) is 0 Å². The summed E-state index contributed by atoms with van der Waals surface area (Å²) in [6.45, 7) is 5.01. The number of hydrogen-bond acceptors (Lipinski definition) is 2. The molecule has 0 bridgehead atoms. The predicted octanol–water partition coefficient (Wildman–Crippen LogP) is 3.25. The molecule has 0 radical (unpaired) electrons. The minimum atomic E-state index is 0.148. The standard InChI is InChI=1S/C13H18ClNO/c1-10(2)15(3)8-7-13(16)11-5-4-6-12(14)9-11/h4-6,9-10H,7-8H2,1-3H3. The first kappa shape index (κ1) is 13.2. The van der Waals surface area contributed by atoms with E-state index in [1.54, 1.807) is 12.1 Å². The van der Waals surface area contributed by atoms with Crippen LogP contribution >= 0.6 is 11.6 Å². The molecule has 0 amide bonds. The Balaban J connectivity index is 2.53. The number of ketones is 1. The number of Topliss-reactive ketones (excluding diaryl/α,β-unsaturated/α-hetero) is 1. The van der Waals surface area contributed by atoms with E-state index in [0.717, 1.165) is 6.54 Å². The van der Waals surface area contributed by atoms with Crippen molar-refractivity contribution in [3.8, 4) is 0 Å². The molecule has 1 rings (SSSR count). The van der Waals surface area contributed by atoms with E-state index in [4.69, 9.17) is 11.6 Å². The molecule has 0 unspecified atom stereocenters. The molecule has 0 aromatic heterocycles. The molecule has 1 aromatic carbocycles. The van der Waals surface area contributed by atoms with Crippen LogP contribution < -0.4 is 0 Å². The average Bonchev–Trinajstić information content (AvgIpc) is 2.25. The quantitative estimate of drug-likeness (QED) is 0.736. The molecule has 0 aliphatic heterocycles. The Labute approximate surface area is 102 Å². The Morgan fingerprint density at radius 3 is 2.69 bits per heavy atom. The van der Waals surface area contributed by atoms with Crippen LogP contribution in [0, 0.1) is 0 Å². The zero-order valence-electron chi connectivity index (χ0n) is 10.0. The molecular formula is C13H18ClNO. The first-order valence-corrected chi connectivity index (χ1v) is 5.87. The summed E-state index contributed by atoms with van der Waals surface area (Å²) < 4.78 is 0. The number of rotatable bonds is 5. The lowest BCUT2D eigenvalue weighted by Gasteiger charge is -2.20. The Hall–Kier alpha value is -0.860. The fraction of sp³-hybridized carbons (Fsp3) is 0.462. The van der Waals surface area contributed by atoms with Gasteiger partial charge < -0.3 is 4.90 Å². The number of carbonyl (C=O) groups is 1. The van der Waals surface area contributed by atoms with Crippen LogP contribution in [0.15, 0.2) is 24.3 Å². The van der Waals surface area contributed by atoms with E-state index in [9.17, 15) is 4.79 Å². The van der Waals surface area contributed by atoms with E-state index in [0.29, 0.717) is 23.0 Å². The molecule has 0 aliphatic rings. The van der Waals surface area contributed by atoms with Crippen LogP contribution in [-0.4, -0.2) is 30.3 Å². The number of benzene rings is 1. The maximum absolute atomic E-state index is 11.8. The monoisotopic (exact) mass is 239 g/mol. The van der Waals surface area contributed by atoms with Crippen molar-refractivity contribution in [3.63, 3.8) is 0 Å². The van der Waals surface area contributed by atoms with Crippen molar-refractivity contribution in [3.05, 3.63) is 34.9 Å². The van der Waals surface area contributed by atoms with Gasteiger partial charge in [-0.1, -0.05) is 23.7 Å². The Morgan fingerprint density at radius 1 is 1.44 bits per heavy atom. The van der Waals surface area contributed by atoms with Gasteiger partial charge in [0.25, 0.3) is 0 Å². The largest absolute Gasteiger partial charge is 0.304 e. The lowest BCUT2D eigenvalue weighted by atomic mass is 10.1. The van der Waals surface area contributed by atoms with Gasteiger partial charge in [-0.25, -0.2) is 0 Å². The molecule has 0 N–H and O–H groups in total. The molecule has 2 nitrogen and oxygen atoms in total. The molecule has 0 aliphatic carbocycles. The molecule has 1 aromatic rings. The van der Waals surface area contributed by atoms with Crippen molar-refractivity contribution >= 4 is 17.4 Å². The third-order valence-electron chi connectivity index (χ3n) is 2.72. The van der Waals surface area contributed by atoms with Crippen LogP contribution in [0.2, 0.25) is 5.02 Å². The summed E-state index contributed by atoms with van der Waals surface area (Å²) in [6, 6.07) is 7.58. The first-order valence-electron chi connectivity index (χ1n) is 5.49.